The van der Waals surface area contributed by atoms with Gasteiger partial charge in [-0.3, -0.25) is 4.79 Å². The van der Waals surface area contributed by atoms with Crippen LogP contribution in [0.25, 0.3) is 6.08 Å². The fourth-order valence-corrected chi connectivity index (χ4v) is 3.37. The monoisotopic (exact) mass is 397 g/mol. The molecule has 0 bridgehead atoms. The highest BCUT2D eigenvalue weighted by atomic mass is 32.2. The Kier molecular flexibility index (Phi) is 5.70. The van der Waals surface area contributed by atoms with E-state index in [1.54, 1.807) is 51.5 Å². The molecule has 7 nitrogen and oxygen atoms in total. The zero-order valence-electron chi connectivity index (χ0n) is 15.4. The average Bonchev–Trinajstić information content (AvgIpc) is 3.02. The minimum Gasteiger partial charge on any atom is -0.545 e. The lowest BCUT2D eigenvalue weighted by Crippen LogP contribution is -2.22. The SMILES string of the molecule is COc1ccc(OC)c(/C=C2\SC(=Nc3cc(C(=O)[O-])ccc3C)NC2=O)c1. The zero-order chi connectivity index (χ0) is 20.3. The van der Waals surface area contributed by atoms with Crippen LogP contribution in [0.3, 0.4) is 0 Å². The number of aliphatic imine (C=N–C) groups is 1. The molecule has 1 aliphatic rings. The van der Waals surface area contributed by atoms with Gasteiger partial charge in [0.25, 0.3) is 5.91 Å². The number of thioether (sulfide) groups is 1. The van der Waals surface area contributed by atoms with E-state index in [0.29, 0.717) is 32.8 Å². The van der Waals surface area contributed by atoms with Gasteiger partial charge in [0.05, 0.1) is 30.8 Å². The van der Waals surface area contributed by atoms with Crippen molar-refractivity contribution in [1.29, 1.82) is 0 Å². The fraction of sp³-hybridized carbons (Fsp3) is 0.150. The number of ether oxygens (including phenoxy) is 2. The van der Waals surface area contributed by atoms with Crippen LogP contribution in [-0.4, -0.2) is 31.3 Å². The van der Waals surface area contributed by atoms with Gasteiger partial charge >= 0.3 is 0 Å². The van der Waals surface area contributed by atoms with E-state index in [-0.39, 0.29) is 11.5 Å². The quantitative estimate of drug-likeness (QED) is 0.777. The first kappa shape index (κ1) is 19.5. The van der Waals surface area contributed by atoms with Crippen molar-refractivity contribution in [3.8, 4) is 11.5 Å². The van der Waals surface area contributed by atoms with Crippen LogP contribution < -0.4 is 19.9 Å². The van der Waals surface area contributed by atoms with Crippen molar-refractivity contribution in [3.63, 3.8) is 0 Å². The Morgan fingerprint density at radius 2 is 1.96 bits per heavy atom. The van der Waals surface area contributed by atoms with Gasteiger partial charge in [-0.2, -0.15) is 0 Å². The summed E-state index contributed by atoms with van der Waals surface area (Å²) in [6, 6.07) is 9.80. The third kappa shape index (κ3) is 4.17. The van der Waals surface area contributed by atoms with Gasteiger partial charge in [0, 0.05) is 5.56 Å². The van der Waals surface area contributed by atoms with E-state index in [1.165, 1.54) is 12.1 Å². The lowest BCUT2D eigenvalue weighted by atomic mass is 10.1. The van der Waals surface area contributed by atoms with E-state index < -0.39 is 5.97 Å². The van der Waals surface area contributed by atoms with Gasteiger partial charge in [0.2, 0.25) is 0 Å². The number of hydrogen-bond donors (Lipinski definition) is 1. The molecule has 2 aromatic carbocycles. The number of nitrogens with one attached hydrogen (secondary N) is 1. The second-order valence-electron chi connectivity index (χ2n) is 5.88. The van der Waals surface area contributed by atoms with E-state index in [1.807, 2.05) is 0 Å². The molecule has 2 aromatic rings. The molecule has 1 aliphatic heterocycles. The normalized spacial score (nSPS) is 16.3. The van der Waals surface area contributed by atoms with E-state index in [9.17, 15) is 14.7 Å². The van der Waals surface area contributed by atoms with Crippen molar-refractivity contribution in [2.45, 2.75) is 6.92 Å². The molecule has 0 radical (unpaired) electrons. The standard InChI is InChI=1S/C20H18N2O5S/c1-11-4-5-12(19(24)25)9-15(11)21-20-22-18(23)17(28-20)10-13-8-14(26-2)6-7-16(13)27-3/h4-10H,1-3H3,(H,24,25)(H,21,22,23)/p-1/b17-10-. The Morgan fingerprint density at radius 3 is 2.64 bits per heavy atom. The third-order valence-electron chi connectivity index (χ3n) is 4.04. The first-order chi connectivity index (χ1) is 13.4. The summed E-state index contributed by atoms with van der Waals surface area (Å²) in [5, 5.41) is 14.1. The van der Waals surface area contributed by atoms with E-state index in [2.05, 4.69) is 10.3 Å². The van der Waals surface area contributed by atoms with Gasteiger partial charge in [-0.15, -0.1) is 0 Å². The second-order valence-corrected chi connectivity index (χ2v) is 6.91. The summed E-state index contributed by atoms with van der Waals surface area (Å²) in [6.07, 6.45) is 1.69. The maximum atomic E-state index is 12.3. The van der Waals surface area contributed by atoms with Gasteiger partial charge < -0.3 is 24.7 Å². The van der Waals surface area contributed by atoms with Crippen LogP contribution in [0.4, 0.5) is 5.69 Å². The number of carboxylic acid groups (broad SMARTS) is 1. The first-order valence-electron chi connectivity index (χ1n) is 8.25. The number of amides is 1. The molecule has 28 heavy (non-hydrogen) atoms. The highest BCUT2D eigenvalue weighted by Crippen LogP contribution is 2.33. The zero-order valence-corrected chi connectivity index (χ0v) is 16.3. The number of benzene rings is 2. The lowest BCUT2D eigenvalue weighted by molar-refractivity contribution is -0.255. The largest absolute Gasteiger partial charge is 0.545 e. The minimum absolute atomic E-state index is 0.0242. The number of carboxylic acids is 1. The number of carbonyl (C=O) groups excluding carboxylic acids is 2. The molecule has 0 unspecified atom stereocenters. The molecule has 1 fully saturated rings. The maximum absolute atomic E-state index is 12.3. The summed E-state index contributed by atoms with van der Waals surface area (Å²) in [6.45, 7) is 1.80. The highest BCUT2D eigenvalue weighted by molar-refractivity contribution is 8.18. The molecule has 1 heterocycles. The number of nitrogens with zero attached hydrogens (tertiary/aromatic N) is 1. The fourth-order valence-electron chi connectivity index (χ4n) is 2.54. The van der Waals surface area contributed by atoms with Crippen LogP contribution in [0.5, 0.6) is 11.5 Å². The second kappa shape index (κ2) is 8.18. The molecule has 1 amide bonds. The van der Waals surface area contributed by atoms with Gasteiger partial charge in [0.15, 0.2) is 5.17 Å². The van der Waals surface area contributed by atoms with Crippen LogP contribution in [0, 0.1) is 6.92 Å². The van der Waals surface area contributed by atoms with E-state index in [0.717, 1.165) is 17.3 Å². The molecule has 1 saturated heterocycles. The van der Waals surface area contributed by atoms with Crippen molar-refractivity contribution in [2.24, 2.45) is 4.99 Å². The van der Waals surface area contributed by atoms with Crippen molar-refractivity contribution >= 4 is 40.6 Å². The van der Waals surface area contributed by atoms with Crippen molar-refractivity contribution in [2.75, 3.05) is 14.2 Å². The lowest BCUT2D eigenvalue weighted by Gasteiger charge is -2.07. The number of carbonyl (C=O) groups is 2. The van der Waals surface area contributed by atoms with Crippen molar-refractivity contribution in [3.05, 3.63) is 58.0 Å². The third-order valence-corrected chi connectivity index (χ3v) is 4.95. The number of aromatic carboxylic acids is 1. The van der Waals surface area contributed by atoms with Crippen LogP contribution in [0.15, 0.2) is 46.3 Å². The molecule has 0 saturated carbocycles. The summed E-state index contributed by atoms with van der Waals surface area (Å²) in [4.78, 5) is 28.2. The Hall–Kier alpha value is -3.26. The Bertz CT molecular complexity index is 1010. The molecule has 0 spiro atoms. The van der Waals surface area contributed by atoms with Gasteiger partial charge in [-0.25, -0.2) is 4.99 Å². The summed E-state index contributed by atoms with van der Waals surface area (Å²) >= 11 is 1.16. The van der Waals surface area contributed by atoms with E-state index in [4.69, 9.17) is 9.47 Å². The van der Waals surface area contributed by atoms with Crippen molar-refractivity contribution < 1.29 is 24.2 Å². The van der Waals surface area contributed by atoms with Gasteiger partial charge in [-0.05, 0) is 60.2 Å². The number of amidine groups is 1. The molecule has 8 heteroatoms. The molecule has 0 aromatic heterocycles. The van der Waals surface area contributed by atoms with Gasteiger partial charge in [-0.1, -0.05) is 12.1 Å². The number of methoxy groups -OCH3 is 2. The van der Waals surface area contributed by atoms with Crippen LogP contribution in [0.2, 0.25) is 0 Å². The smallest absolute Gasteiger partial charge is 0.264 e. The molecular formula is C20H17N2O5S-. The van der Waals surface area contributed by atoms with Crippen LogP contribution in [0.1, 0.15) is 21.5 Å². The maximum Gasteiger partial charge on any atom is 0.264 e. The summed E-state index contributed by atoms with van der Waals surface area (Å²) in [7, 11) is 3.11. The van der Waals surface area contributed by atoms with Crippen LogP contribution >= 0.6 is 11.8 Å². The summed E-state index contributed by atoms with van der Waals surface area (Å²) in [5.41, 5.74) is 1.94. The molecule has 0 atom stereocenters. The molecular weight excluding hydrogens is 380 g/mol. The number of aryl methyl sites for hydroxylation is 1. The molecule has 144 valence electrons. The number of hydrogen-bond acceptors (Lipinski definition) is 7. The summed E-state index contributed by atoms with van der Waals surface area (Å²) < 4.78 is 10.6. The van der Waals surface area contributed by atoms with Crippen molar-refractivity contribution in [1.82, 2.24) is 5.32 Å². The highest BCUT2D eigenvalue weighted by Gasteiger charge is 2.24. The number of rotatable bonds is 5. The molecule has 1 N–H and O–H groups in total. The van der Waals surface area contributed by atoms with Crippen LogP contribution in [-0.2, 0) is 4.79 Å². The topological polar surface area (TPSA) is 100 Å². The summed E-state index contributed by atoms with van der Waals surface area (Å²) in [5.74, 6) is -0.346. The predicted molar refractivity (Wildman–Crippen MR) is 106 cm³/mol. The predicted octanol–water partition coefficient (Wildman–Crippen LogP) is 2.27. The molecule has 0 aliphatic carbocycles. The minimum atomic E-state index is -1.28. The first-order valence-corrected chi connectivity index (χ1v) is 9.06. The average molecular weight is 397 g/mol. The van der Waals surface area contributed by atoms with E-state index >= 15 is 0 Å². The van der Waals surface area contributed by atoms with Gasteiger partial charge in [0.1, 0.15) is 11.5 Å². The molecule has 3 rings (SSSR count). The Balaban J connectivity index is 1.92. The Labute approximate surface area is 166 Å². The Morgan fingerprint density at radius 1 is 1.18 bits per heavy atom.